The number of sulfone groups is 1. The molecule has 0 fully saturated rings. The molecule has 1 aromatic carbocycles. The molecule has 0 saturated heterocycles. The average molecular weight is 327 g/mol. The fraction of sp³-hybridized carbons (Fsp3) is 0.467. The number of rotatable bonds is 5. The van der Waals surface area contributed by atoms with Gasteiger partial charge in [0.1, 0.15) is 0 Å². The number of amides is 1. The summed E-state index contributed by atoms with van der Waals surface area (Å²) in [6, 6.07) is 4.16. The van der Waals surface area contributed by atoms with Crippen LogP contribution in [0.4, 0.5) is 0 Å². The lowest BCUT2D eigenvalue weighted by molar-refractivity contribution is -0.129. The molecule has 0 unspecified atom stereocenters. The lowest BCUT2D eigenvalue weighted by Gasteiger charge is -2.16. The van der Waals surface area contributed by atoms with Gasteiger partial charge in [-0.1, -0.05) is 6.07 Å². The number of carbonyl (C=O) groups excluding carboxylic acids is 2. The maximum absolute atomic E-state index is 12.1. The highest BCUT2D eigenvalue weighted by molar-refractivity contribution is 7.90. The molecule has 0 aromatic heterocycles. The minimum absolute atomic E-state index is 0.0318. The Morgan fingerprint density at radius 3 is 2.27 bits per heavy atom. The zero-order chi connectivity index (χ0) is 17.1. The van der Waals surface area contributed by atoms with E-state index in [-0.39, 0.29) is 16.5 Å². The number of aryl methyl sites for hydroxylation is 1. The van der Waals surface area contributed by atoms with Crippen LogP contribution in [0, 0.1) is 6.92 Å². The Bertz CT molecular complexity index is 679. The van der Waals surface area contributed by atoms with Gasteiger partial charge in [0.05, 0.1) is 10.5 Å². The van der Waals surface area contributed by atoms with Crippen molar-refractivity contribution in [2.75, 3.05) is 6.26 Å². The van der Waals surface area contributed by atoms with Crippen LogP contribution in [0.15, 0.2) is 23.1 Å². The van der Waals surface area contributed by atoms with Crippen molar-refractivity contribution in [1.82, 2.24) is 5.32 Å². The van der Waals surface area contributed by atoms with Gasteiger partial charge in [0.2, 0.25) is 0 Å². The third-order valence-corrected chi connectivity index (χ3v) is 4.05. The summed E-state index contributed by atoms with van der Waals surface area (Å²) in [5, 5.41) is 2.64. The number of nitrogens with one attached hydrogen (secondary N) is 1. The Morgan fingerprint density at radius 2 is 1.77 bits per heavy atom. The van der Waals surface area contributed by atoms with E-state index in [1.807, 2.05) is 0 Å². The maximum Gasteiger partial charge on any atom is 0.339 e. The summed E-state index contributed by atoms with van der Waals surface area (Å²) in [6.45, 7) is 6.73. The molecular formula is C15H21NO5S. The van der Waals surface area contributed by atoms with Crippen LogP contribution >= 0.6 is 0 Å². The van der Waals surface area contributed by atoms with Gasteiger partial charge in [-0.2, -0.15) is 0 Å². The van der Waals surface area contributed by atoms with E-state index in [4.69, 9.17) is 4.74 Å². The van der Waals surface area contributed by atoms with Gasteiger partial charge in [-0.3, -0.25) is 4.79 Å². The van der Waals surface area contributed by atoms with Crippen molar-refractivity contribution in [2.45, 2.75) is 44.7 Å². The Hall–Kier alpha value is -1.89. The highest BCUT2D eigenvalue weighted by atomic mass is 32.2. The molecule has 7 heteroatoms. The first-order valence-electron chi connectivity index (χ1n) is 6.84. The number of hydrogen-bond acceptors (Lipinski definition) is 5. The van der Waals surface area contributed by atoms with Crippen LogP contribution in [-0.4, -0.2) is 38.7 Å². The molecule has 1 N–H and O–H groups in total. The van der Waals surface area contributed by atoms with Gasteiger partial charge < -0.3 is 10.1 Å². The van der Waals surface area contributed by atoms with E-state index >= 15 is 0 Å². The van der Waals surface area contributed by atoms with Crippen molar-refractivity contribution >= 4 is 21.7 Å². The normalized spacial score (nSPS) is 12.8. The molecule has 6 nitrogen and oxygen atoms in total. The van der Waals surface area contributed by atoms with Crippen molar-refractivity contribution in [3.05, 3.63) is 29.3 Å². The highest BCUT2D eigenvalue weighted by Gasteiger charge is 2.21. The first-order valence-corrected chi connectivity index (χ1v) is 8.73. The molecule has 0 heterocycles. The van der Waals surface area contributed by atoms with Crippen LogP contribution < -0.4 is 5.32 Å². The smallest absolute Gasteiger partial charge is 0.339 e. The Morgan fingerprint density at radius 1 is 1.18 bits per heavy atom. The number of ether oxygens (including phenoxy) is 1. The number of carbonyl (C=O) groups is 2. The summed E-state index contributed by atoms with van der Waals surface area (Å²) in [5.74, 6) is -1.13. The van der Waals surface area contributed by atoms with Crippen LogP contribution in [0.2, 0.25) is 0 Å². The SMILES string of the molecule is Cc1ccc(S(C)(=O)=O)cc1C(=O)O[C@H](C)C(=O)NC(C)C. The molecule has 1 amide bonds. The van der Waals surface area contributed by atoms with E-state index in [1.165, 1.54) is 25.1 Å². The Labute approximate surface area is 130 Å². The van der Waals surface area contributed by atoms with Crippen LogP contribution in [0.3, 0.4) is 0 Å². The molecule has 0 radical (unpaired) electrons. The third kappa shape index (κ3) is 4.84. The molecule has 0 bridgehead atoms. The van der Waals surface area contributed by atoms with Crippen molar-refractivity contribution in [1.29, 1.82) is 0 Å². The lowest BCUT2D eigenvalue weighted by atomic mass is 10.1. The molecule has 122 valence electrons. The summed E-state index contributed by atoms with van der Waals surface area (Å²) in [7, 11) is -3.42. The second-order valence-corrected chi connectivity index (χ2v) is 7.48. The van der Waals surface area contributed by atoms with E-state index in [2.05, 4.69) is 5.32 Å². The summed E-state index contributed by atoms with van der Waals surface area (Å²) in [5.41, 5.74) is 0.709. The monoisotopic (exact) mass is 327 g/mol. The van der Waals surface area contributed by atoms with Crippen molar-refractivity contribution in [2.24, 2.45) is 0 Å². The predicted molar refractivity (Wildman–Crippen MR) is 82.4 cm³/mol. The molecule has 0 aliphatic carbocycles. The Kier molecular flexibility index (Phi) is 5.71. The molecule has 1 atom stereocenters. The van der Waals surface area contributed by atoms with Gasteiger partial charge in [-0.15, -0.1) is 0 Å². The van der Waals surface area contributed by atoms with Gasteiger partial charge in [0.25, 0.3) is 5.91 Å². The molecule has 0 saturated carbocycles. The van der Waals surface area contributed by atoms with E-state index in [0.29, 0.717) is 5.56 Å². The van der Waals surface area contributed by atoms with Crippen LogP contribution in [-0.2, 0) is 19.4 Å². The molecule has 0 aliphatic rings. The molecule has 0 aliphatic heterocycles. The van der Waals surface area contributed by atoms with Crippen molar-refractivity contribution < 1.29 is 22.7 Å². The van der Waals surface area contributed by atoms with E-state index in [1.54, 1.807) is 20.8 Å². The largest absolute Gasteiger partial charge is 0.449 e. The maximum atomic E-state index is 12.1. The molecule has 1 rings (SSSR count). The van der Waals surface area contributed by atoms with Crippen LogP contribution in [0.1, 0.15) is 36.7 Å². The van der Waals surface area contributed by atoms with Gasteiger partial charge >= 0.3 is 5.97 Å². The standard InChI is InChI=1S/C15H21NO5S/c1-9(2)16-14(17)11(4)21-15(18)13-8-12(22(5,19)20)7-6-10(13)3/h6-9,11H,1-5H3,(H,16,17)/t11-/m1/s1. The second-order valence-electron chi connectivity index (χ2n) is 5.46. The summed E-state index contributed by atoms with van der Waals surface area (Å²) in [6.07, 6.45) is 0.0991. The minimum atomic E-state index is -3.42. The fourth-order valence-corrected chi connectivity index (χ4v) is 2.38. The van der Waals surface area contributed by atoms with Crippen molar-refractivity contribution in [3.8, 4) is 0 Å². The zero-order valence-corrected chi connectivity index (χ0v) is 14.2. The number of esters is 1. The molecular weight excluding hydrogens is 306 g/mol. The fourth-order valence-electron chi connectivity index (χ4n) is 1.73. The van der Waals surface area contributed by atoms with Crippen molar-refractivity contribution in [3.63, 3.8) is 0 Å². The highest BCUT2D eigenvalue weighted by Crippen LogP contribution is 2.17. The second kappa shape index (κ2) is 6.91. The minimum Gasteiger partial charge on any atom is -0.449 e. The average Bonchev–Trinajstić information content (AvgIpc) is 2.36. The topological polar surface area (TPSA) is 89.5 Å². The molecule has 0 spiro atoms. The van der Waals surface area contributed by atoms with E-state index < -0.39 is 27.8 Å². The first-order chi connectivity index (χ1) is 10.0. The van der Waals surface area contributed by atoms with E-state index in [0.717, 1.165) is 6.26 Å². The Balaban J connectivity index is 2.97. The summed E-state index contributed by atoms with van der Waals surface area (Å²) >= 11 is 0. The lowest BCUT2D eigenvalue weighted by Crippen LogP contribution is -2.39. The van der Waals surface area contributed by atoms with Gasteiger partial charge in [0.15, 0.2) is 15.9 Å². The predicted octanol–water partition coefficient (Wildman–Crippen LogP) is 1.47. The number of benzene rings is 1. The number of hydrogen-bond donors (Lipinski definition) is 1. The van der Waals surface area contributed by atoms with Crippen LogP contribution in [0.25, 0.3) is 0 Å². The third-order valence-electron chi connectivity index (χ3n) is 2.94. The summed E-state index contributed by atoms with van der Waals surface area (Å²) in [4.78, 5) is 23.9. The van der Waals surface area contributed by atoms with Gasteiger partial charge in [-0.25, -0.2) is 13.2 Å². The van der Waals surface area contributed by atoms with Gasteiger partial charge in [-0.05, 0) is 45.4 Å². The zero-order valence-electron chi connectivity index (χ0n) is 13.3. The van der Waals surface area contributed by atoms with Gasteiger partial charge in [0, 0.05) is 12.3 Å². The van der Waals surface area contributed by atoms with E-state index in [9.17, 15) is 18.0 Å². The molecule has 1 aromatic rings. The van der Waals surface area contributed by atoms with Crippen LogP contribution in [0.5, 0.6) is 0 Å². The summed E-state index contributed by atoms with van der Waals surface area (Å²) < 4.78 is 28.2. The quantitative estimate of drug-likeness (QED) is 0.827. The first kappa shape index (κ1) is 18.2. The molecule has 22 heavy (non-hydrogen) atoms.